The number of H-pyrrole nitrogens is 1. The maximum atomic E-state index is 14.6. The van der Waals surface area contributed by atoms with Crippen LogP contribution in [-0.2, 0) is 0 Å². The summed E-state index contributed by atoms with van der Waals surface area (Å²) in [5, 5.41) is 0. The minimum atomic E-state index is -0.409. The van der Waals surface area contributed by atoms with Gasteiger partial charge in [0.2, 0.25) is 0 Å². The molecule has 5 rings (SSSR count). The van der Waals surface area contributed by atoms with Gasteiger partial charge >= 0.3 is 0 Å². The maximum absolute atomic E-state index is 14.6. The van der Waals surface area contributed by atoms with E-state index in [0.717, 1.165) is 22.3 Å². The highest BCUT2D eigenvalue weighted by Gasteiger charge is 2.17. The highest BCUT2D eigenvalue weighted by Crippen LogP contribution is 2.34. The first kappa shape index (κ1) is 18.9. The van der Waals surface area contributed by atoms with Gasteiger partial charge in [0.15, 0.2) is 5.65 Å². The van der Waals surface area contributed by atoms with E-state index in [9.17, 15) is 4.39 Å². The van der Waals surface area contributed by atoms with Crippen molar-refractivity contribution in [2.75, 3.05) is 19.0 Å². The summed E-state index contributed by atoms with van der Waals surface area (Å²) in [6.07, 6.45) is 6.18. The first-order valence-electron chi connectivity index (χ1n) is 9.79. The fourth-order valence-corrected chi connectivity index (χ4v) is 3.52. The Labute approximate surface area is 178 Å². The molecule has 0 atom stereocenters. The molecule has 0 aliphatic heterocycles. The highest BCUT2D eigenvalue weighted by molar-refractivity contribution is 5.89. The summed E-state index contributed by atoms with van der Waals surface area (Å²) < 4.78 is 14.6. The summed E-state index contributed by atoms with van der Waals surface area (Å²) >= 11 is 0. The van der Waals surface area contributed by atoms with Crippen LogP contribution < -0.4 is 4.90 Å². The van der Waals surface area contributed by atoms with E-state index in [1.807, 2.05) is 61.5 Å². The number of rotatable bonds is 4. The van der Waals surface area contributed by atoms with Gasteiger partial charge in [0.1, 0.15) is 11.6 Å². The van der Waals surface area contributed by atoms with Gasteiger partial charge in [-0.15, -0.1) is 0 Å². The van der Waals surface area contributed by atoms with Crippen molar-refractivity contribution >= 4 is 16.9 Å². The first-order valence-corrected chi connectivity index (χ1v) is 9.79. The molecule has 5 aromatic rings. The van der Waals surface area contributed by atoms with Crippen LogP contribution in [0.4, 0.5) is 10.1 Å². The minimum Gasteiger partial charge on any atom is -0.378 e. The van der Waals surface area contributed by atoms with Crippen molar-refractivity contribution < 1.29 is 4.39 Å². The Hall–Kier alpha value is -4.13. The third kappa shape index (κ3) is 3.50. The number of benzene rings is 1. The van der Waals surface area contributed by atoms with Crippen LogP contribution in [0, 0.1) is 5.82 Å². The van der Waals surface area contributed by atoms with Crippen LogP contribution >= 0.6 is 0 Å². The Bertz CT molecular complexity index is 1360. The van der Waals surface area contributed by atoms with E-state index < -0.39 is 5.82 Å². The summed E-state index contributed by atoms with van der Waals surface area (Å²) in [4.78, 5) is 22.9. The van der Waals surface area contributed by atoms with Crippen molar-refractivity contribution in [2.24, 2.45) is 0 Å². The molecule has 0 unspecified atom stereocenters. The van der Waals surface area contributed by atoms with Crippen LogP contribution in [0.3, 0.4) is 0 Å². The molecule has 0 saturated carbocycles. The first-order chi connectivity index (χ1) is 15.1. The van der Waals surface area contributed by atoms with Crippen molar-refractivity contribution in [3.63, 3.8) is 0 Å². The second-order valence-electron chi connectivity index (χ2n) is 7.38. The molecule has 0 aliphatic carbocycles. The van der Waals surface area contributed by atoms with Gasteiger partial charge in [-0.05, 0) is 48.5 Å². The molecular weight excluding hydrogens is 391 g/mol. The Morgan fingerprint density at radius 2 is 1.65 bits per heavy atom. The summed E-state index contributed by atoms with van der Waals surface area (Å²) in [6, 6.07) is 15.4. The van der Waals surface area contributed by atoms with Crippen LogP contribution in [0.1, 0.15) is 0 Å². The molecule has 4 heterocycles. The Morgan fingerprint density at radius 3 is 2.35 bits per heavy atom. The Morgan fingerprint density at radius 1 is 0.839 bits per heavy atom. The topological polar surface area (TPSA) is 70.6 Å². The van der Waals surface area contributed by atoms with Crippen molar-refractivity contribution in [3.8, 4) is 33.8 Å². The van der Waals surface area contributed by atoms with Gasteiger partial charge in [0.25, 0.3) is 0 Å². The lowest BCUT2D eigenvalue weighted by Crippen LogP contribution is -2.07. The molecule has 152 valence electrons. The van der Waals surface area contributed by atoms with Gasteiger partial charge in [-0.1, -0.05) is 0 Å². The largest absolute Gasteiger partial charge is 0.378 e. The molecule has 0 bridgehead atoms. The number of aromatic nitrogens is 5. The van der Waals surface area contributed by atoms with Gasteiger partial charge in [-0.3, -0.25) is 9.97 Å². The number of nitrogens with zero attached hydrogens (tertiary/aromatic N) is 5. The zero-order valence-electron chi connectivity index (χ0n) is 17.0. The standard InChI is InChI=1S/C24H19FN6/c1-31(2)17-7-5-15(6-8-17)23-28-21-12-19(18-9-11-27-14-20(18)25)22(29-24(21)30-23)16-4-3-10-26-13-16/h3-14H,1-2H3,(H,28,29,30). The fourth-order valence-electron chi connectivity index (χ4n) is 3.52. The van der Waals surface area contributed by atoms with Crippen molar-refractivity contribution in [2.45, 2.75) is 0 Å². The lowest BCUT2D eigenvalue weighted by molar-refractivity contribution is 0.625. The maximum Gasteiger partial charge on any atom is 0.178 e. The normalized spacial score (nSPS) is 11.1. The molecule has 0 fully saturated rings. The lowest BCUT2D eigenvalue weighted by Gasteiger charge is -2.11. The molecule has 1 N–H and O–H groups in total. The fraction of sp³-hybridized carbons (Fsp3) is 0.0833. The van der Waals surface area contributed by atoms with Crippen molar-refractivity contribution in [3.05, 3.63) is 79.1 Å². The number of pyridine rings is 3. The van der Waals surface area contributed by atoms with Crippen LogP contribution in [0.15, 0.2) is 73.3 Å². The van der Waals surface area contributed by atoms with Gasteiger partial charge in [-0.2, -0.15) is 0 Å². The molecule has 0 amide bonds. The second kappa shape index (κ2) is 7.60. The Kier molecular flexibility index (Phi) is 4.63. The van der Waals surface area contributed by atoms with Crippen molar-refractivity contribution in [1.82, 2.24) is 24.9 Å². The van der Waals surface area contributed by atoms with Crippen LogP contribution in [0.2, 0.25) is 0 Å². The predicted molar refractivity (Wildman–Crippen MR) is 120 cm³/mol. The molecular formula is C24H19FN6. The number of halogens is 1. The van der Waals surface area contributed by atoms with E-state index in [4.69, 9.17) is 9.97 Å². The van der Waals surface area contributed by atoms with E-state index in [1.54, 1.807) is 24.7 Å². The summed E-state index contributed by atoms with van der Waals surface area (Å²) in [6.45, 7) is 0. The zero-order valence-corrected chi connectivity index (χ0v) is 17.0. The number of hydrogen-bond donors (Lipinski definition) is 1. The number of anilines is 1. The van der Waals surface area contributed by atoms with Gasteiger partial charge in [0, 0.05) is 60.6 Å². The van der Waals surface area contributed by atoms with E-state index >= 15 is 0 Å². The average molecular weight is 410 g/mol. The number of hydrogen-bond acceptors (Lipinski definition) is 5. The van der Waals surface area contributed by atoms with Gasteiger partial charge < -0.3 is 9.88 Å². The molecule has 0 saturated heterocycles. The quantitative estimate of drug-likeness (QED) is 0.454. The number of fused-ring (bicyclic) bond motifs is 1. The smallest absolute Gasteiger partial charge is 0.178 e. The lowest BCUT2D eigenvalue weighted by atomic mass is 10.0. The predicted octanol–water partition coefficient (Wildman–Crippen LogP) is 4.95. The average Bonchev–Trinajstić information content (AvgIpc) is 3.22. The van der Waals surface area contributed by atoms with E-state index in [2.05, 4.69) is 15.0 Å². The van der Waals surface area contributed by atoms with Crippen LogP contribution in [0.25, 0.3) is 44.9 Å². The van der Waals surface area contributed by atoms with E-state index in [1.165, 1.54) is 6.20 Å². The van der Waals surface area contributed by atoms with Gasteiger partial charge in [-0.25, -0.2) is 14.4 Å². The van der Waals surface area contributed by atoms with Gasteiger partial charge in [0.05, 0.1) is 17.4 Å². The SMILES string of the molecule is CN(C)c1ccc(-c2nc3nc(-c4cccnc4)c(-c4ccncc4F)cc3[nH]2)cc1. The molecule has 4 aromatic heterocycles. The third-order valence-corrected chi connectivity index (χ3v) is 5.13. The summed E-state index contributed by atoms with van der Waals surface area (Å²) in [5.41, 5.74) is 5.82. The third-order valence-electron chi connectivity index (χ3n) is 5.13. The summed E-state index contributed by atoms with van der Waals surface area (Å²) in [7, 11) is 4.00. The van der Waals surface area contributed by atoms with E-state index in [-0.39, 0.29) is 0 Å². The number of nitrogens with one attached hydrogen (secondary N) is 1. The Balaban J connectivity index is 1.69. The molecule has 6 nitrogen and oxygen atoms in total. The van der Waals surface area contributed by atoms with Crippen molar-refractivity contribution in [1.29, 1.82) is 0 Å². The van der Waals surface area contributed by atoms with E-state index in [0.29, 0.717) is 28.3 Å². The van der Waals surface area contributed by atoms with Crippen LogP contribution in [-0.4, -0.2) is 39.0 Å². The minimum absolute atomic E-state index is 0.409. The van der Waals surface area contributed by atoms with Crippen LogP contribution in [0.5, 0.6) is 0 Å². The molecule has 0 spiro atoms. The number of aromatic amines is 1. The molecule has 31 heavy (non-hydrogen) atoms. The second-order valence-corrected chi connectivity index (χ2v) is 7.38. The molecule has 1 aromatic carbocycles. The number of imidazole rings is 1. The monoisotopic (exact) mass is 410 g/mol. The zero-order chi connectivity index (χ0) is 21.4. The highest BCUT2D eigenvalue weighted by atomic mass is 19.1. The molecule has 0 aliphatic rings. The molecule has 7 heteroatoms. The molecule has 0 radical (unpaired) electrons. The summed E-state index contributed by atoms with van der Waals surface area (Å²) in [5.74, 6) is 0.296.